The fraction of sp³-hybridized carbons (Fsp3) is 0.231. The smallest absolute Gasteiger partial charge is 0.263 e. The summed E-state index contributed by atoms with van der Waals surface area (Å²) in [5.74, 6) is 1.42. The average Bonchev–Trinajstić information content (AvgIpc) is 2.82. The van der Waals surface area contributed by atoms with Gasteiger partial charge < -0.3 is 14.6 Å². The second-order valence-electron chi connectivity index (χ2n) is 3.84. The number of anilines is 1. The predicted molar refractivity (Wildman–Crippen MR) is 73.6 cm³/mol. The molecule has 0 radical (unpaired) electrons. The minimum absolute atomic E-state index is 0.0650. The van der Waals surface area contributed by atoms with E-state index in [4.69, 9.17) is 9.26 Å². The standard InChI is InChI=1S/C13H14N2O3S/c1-9-7-12(15-18-9)14-13(16)8-17-10-3-5-11(19-2)6-4-10/h3-7H,8H2,1-2H3,(H,14,15,16). The first-order chi connectivity index (χ1) is 9.17. The van der Waals surface area contributed by atoms with Gasteiger partial charge in [0.1, 0.15) is 11.5 Å². The Morgan fingerprint density at radius 1 is 1.42 bits per heavy atom. The number of benzene rings is 1. The van der Waals surface area contributed by atoms with Crippen molar-refractivity contribution in [3.63, 3.8) is 0 Å². The summed E-state index contributed by atoms with van der Waals surface area (Å²) in [7, 11) is 0. The highest BCUT2D eigenvalue weighted by Gasteiger charge is 2.06. The fourth-order valence-corrected chi connectivity index (χ4v) is 1.83. The van der Waals surface area contributed by atoms with Crippen molar-refractivity contribution < 1.29 is 14.1 Å². The lowest BCUT2D eigenvalue weighted by Gasteiger charge is -2.06. The zero-order chi connectivity index (χ0) is 13.7. The van der Waals surface area contributed by atoms with Crippen LogP contribution in [0.1, 0.15) is 5.76 Å². The van der Waals surface area contributed by atoms with Crippen molar-refractivity contribution >= 4 is 23.5 Å². The van der Waals surface area contributed by atoms with Crippen molar-refractivity contribution in [2.24, 2.45) is 0 Å². The third kappa shape index (κ3) is 4.03. The van der Waals surface area contributed by atoms with Gasteiger partial charge in [0.25, 0.3) is 5.91 Å². The topological polar surface area (TPSA) is 64.4 Å². The number of nitrogens with one attached hydrogen (secondary N) is 1. The number of nitrogens with zero attached hydrogens (tertiary/aromatic N) is 1. The van der Waals surface area contributed by atoms with Crippen LogP contribution in [0.4, 0.5) is 5.82 Å². The van der Waals surface area contributed by atoms with Crippen molar-refractivity contribution in [3.8, 4) is 5.75 Å². The summed E-state index contributed by atoms with van der Waals surface area (Å²) in [5.41, 5.74) is 0. The Balaban J connectivity index is 1.82. The monoisotopic (exact) mass is 278 g/mol. The molecular formula is C13H14N2O3S. The molecular weight excluding hydrogens is 264 g/mol. The van der Waals surface area contributed by atoms with E-state index in [1.165, 1.54) is 0 Å². The molecule has 1 N–H and O–H groups in total. The summed E-state index contributed by atoms with van der Waals surface area (Å²) in [5, 5.41) is 6.25. The molecule has 2 rings (SSSR count). The molecule has 0 fully saturated rings. The Hall–Kier alpha value is -1.95. The fourth-order valence-electron chi connectivity index (χ4n) is 1.43. The van der Waals surface area contributed by atoms with E-state index < -0.39 is 0 Å². The third-order valence-corrected chi connectivity index (χ3v) is 3.07. The molecule has 0 saturated carbocycles. The summed E-state index contributed by atoms with van der Waals surface area (Å²) in [6.45, 7) is 1.69. The van der Waals surface area contributed by atoms with E-state index in [1.807, 2.05) is 30.5 Å². The van der Waals surface area contributed by atoms with Crippen LogP contribution < -0.4 is 10.1 Å². The molecule has 1 aromatic heterocycles. The van der Waals surface area contributed by atoms with Gasteiger partial charge in [0, 0.05) is 11.0 Å². The number of carbonyl (C=O) groups is 1. The lowest BCUT2D eigenvalue weighted by molar-refractivity contribution is -0.118. The highest BCUT2D eigenvalue weighted by atomic mass is 32.2. The molecule has 0 aliphatic carbocycles. The molecule has 1 heterocycles. The Morgan fingerprint density at radius 3 is 2.74 bits per heavy atom. The highest BCUT2D eigenvalue weighted by Crippen LogP contribution is 2.18. The van der Waals surface area contributed by atoms with Gasteiger partial charge in [-0.1, -0.05) is 5.16 Å². The van der Waals surface area contributed by atoms with Gasteiger partial charge in [0.15, 0.2) is 12.4 Å². The molecule has 0 unspecified atom stereocenters. The van der Waals surface area contributed by atoms with E-state index in [-0.39, 0.29) is 12.5 Å². The second-order valence-corrected chi connectivity index (χ2v) is 4.71. The van der Waals surface area contributed by atoms with Crippen LogP contribution in [0, 0.1) is 6.92 Å². The van der Waals surface area contributed by atoms with Gasteiger partial charge in [-0.15, -0.1) is 11.8 Å². The molecule has 5 nitrogen and oxygen atoms in total. The minimum atomic E-state index is -0.276. The van der Waals surface area contributed by atoms with Crippen LogP contribution in [0.2, 0.25) is 0 Å². The number of ether oxygens (including phenoxy) is 1. The van der Waals surface area contributed by atoms with Crippen molar-refractivity contribution in [3.05, 3.63) is 36.1 Å². The van der Waals surface area contributed by atoms with Gasteiger partial charge in [-0.05, 0) is 37.4 Å². The van der Waals surface area contributed by atoms with Gasteiger partial charge in [-0.3, -0.25) is 4.79 Å². The van der Waals surface area contributed by atoms with Gasteiger partial charge >= 0.3 is 0 Å². The van der Waals surface area contributed by atoms with Gasteiger partial charge in [-0.25, -0.2) is 0 Å². The maximum absolute atomic E-state index is 11.6. The quantitative estimate of drug-likeness (QED) is 0.852. The van der Waals surface area contributed by atoms with E-state index in [0.717, 1.165) is 4.90 Å². The molecule has 0 bridgehead atoms. The van der Waals surface area contributed by atoms with Gasteiger partial charge in [0.2, 0.25) is 0 Å². The van der Waals surface area contributed by atoms with E-state index >= 15 is 0 Å². The number of amides is 1. The van der Waals surface area contributed by atoms with Crippen LogP contribution in [-0.2, 0) is 4.79 Å². The molecule has 0 spiro atoms. The van der Waals surface area contributed by atoms with Crippen molar-refractivity contribution in [2.45, 2.75) is 11.8 Å². The van der Waals surface area contributed by atoms with Crippen molar-refractivity contribution in [1.82, 2.24) is 5.16 Å². The Bertz CT molecular complexity index is 551. The van der Waals surface area contributed by atoms with E-state index in [2.05, 4.69) is 10.5 Å². The van der Waals surface area contributed by atoms with Crippen LogP contribution in [0.25, 0.3) is 0 Å². The average molecular weight is 278 g/mol. The second kappa shape index (κ2) is 6.29. The summed E-state index contributed by atoms with van der Waals surface area (Å²) < 4.78 is 10.2. The highest BCUT2D eigenvalue weighted by molar-refractivity contribution is 7.98. The number of hydrogen-bond donors (Lipinski definition) is 1. The summed E-state index contributed by atoms with van der Waals surface area (Å²) >= 11 is 1.65. The Labute approximate surface area is 115 Å². The number of rotatable bonds is 5. The summed E-state index contributed by atoms with van der Waals surface area (Å²) in [6, 6.07) is 9.20. The summed E-state index contributed by atoms with van der Waals surface area (Å²) in [6.07, 6.45) is 2.00. The molecule has 0 aliphatic rings. The normalized spacial score (nSPS) is 10.2. The number of aromatic nitrogens is 1. The van der Waals surface area contributed by atoms with Crippen LogP contribution in [0.5, 0.6) is 5.75 Å². The van der Waals surface area contributed by atoms with Crippen molar-refractivity contribution in [1.29, 1.82) is 0 Å². The number of hydrogen-bond acceptors (Lipinski definition) is 5. The molecule has 19 heavy (non-hydrogen) atoms. The maximum Gasteiger partial charge on any atom is 0.263 e. The zero-order valence-electron chi connectivity index (χ0n) is 10.7. The largest absolute Gasteiger partial charge is 0.484 e. The number of aryl methyl sites for hydroxylation is 1. The van der Waals surface area contributed by atoms with Crippen LogP contribution in [-0.4, -0.2) is 23.9 Å². The molecule has 1 amide bonds. The van der Waals surface area contributed by atoms with Crippen LogP contribution in [0.15, 0.2) is 39.8 Å². The molecule has 2 aromatic rings. The number of carbonyl (C=O) groups excluding carboxylic acids is 1. The van der Waals surface area contributed by atoms with Crippen molar-refractivity contribution in [2.75, 3.05) is 18.2 Å². The minimum Gasteiger partial charge on any atom is -0.484 e. The van der Waals surface area contributed by atoms with Gasteiger partial charge in [0.05, 0.1) is 0 Å². The Morgan fingerprint density at radius 2 is 2.16 bits per heavy atom. The van der Waals surface area contributed by atoms with Crippen LogP contribution >= 0.6 is 11.8 Å². The maximum atomic E-state index is 11.6. The lowest BCUT2D eigenvalue weighted by Crippen LogP contribution is -2.20. The number of thioether (sulfide) groups is 1. The zero-order valence-corrected chi connectivity index (χ0v) is 11.5. The molecule has 0 saturated heterocycles. The van der Waals surface area contributed by atoms with E-state index in [9.17, 15) is 4.79 Å². The van der Waals surface area contributed by atoms with Crippen LogP contribution in [0.3, 0.4) is 0 Å². The molecule has 0 aliphatic heterocycles. The first kappa shape index (κ1) is 13.5. The molecule has 6 heteroatoms. The third-order valence-electron chi connectivity index (χ3n) is 2.32. The Kier molecular flexibility index (Phi) is 4.46. The van der Waals surface area contributed by atoms with E-state index in [0.29, 0.717) is 17.3 Å². The van der Waals surface area contributed by atoms with Gasteiger partial charge in [-0.2, -0.15) is 0 Å². The molecule has 100 valence electrons. The molecule has 1 aromatic carbocycles. The SMILES string of the molecule is CSc1ccc(OCC(=O)Nc2cc(C)on2)cc1. The van der Waals surface area contributed by atoms with E-state index in [1.54, 1.807) is 24.8 Å². The first-order valence-corrected chi connectivity index (χ1v) is 6.90. The molecule has 0 atom stereocenters. The predicted octanol–water partition coefficient (Wildman–Crippen LogP) is 2.72. The lowest BCUT2D eigenvalue weighted by atomic mass is 10.3. The summed E-state index contributed by atoms with van der Waals surface area (Å²) in [4.78, 5) is 12.7. The first-order valence-electron chi connectivity index (χ1n) is 5.67.